The molecule has 1 aromatic carbocycles. The van der Waals surface area contributed by atoms with E-state index in [0.29, 0.717) is 11.6 Å². The van der Waals surface area contributed by atoms with E-state index in [4.69, 9.17) is 17.9 Å². The zero-order valence-electron chi connectivity index (χ0n) is 21.5. The Hall–Kier alpha value is -3.35. The number of hydrogen-bond acceptors (Lipinski definition) is 4. The number of fused-ring (bicyclic) bond motifs is 1. The molecule has 6 nitrogen and oxygen atoms in total. The Morgan fingerprint density at radius 2 is 1.89 bits per heavy atom. The summed E-state index contributed by atoms with van der Waals surface area (Å²) in [5.41, 5.74) is 7.92. The van der Waals surface area contributed by atoms with Gasteiger partial charge in [-0.25, -0.2) is 9.50 Å². The van der Waals surface area contributed by atoms with Gasteiger partial charge in [0.2, 0.25) is 0 Å². The van der Waals surface area contributed by atoms with Crippen LogP contribution in [0.3, 0.4) is 0 Å². The second-order valence-corrected chi connectivity index (χ2v) is 11.0. The van der Waals surface area contributed by atoms with Crippen molar-refractivity contribution in [3.8, 4) is 11.3 Å². The lowest BCUT2D eigenvalue weighted by Gasteiger charge is -2.37. The molecule has 2 aliphatic heterocycles. The fourth-order valence-corrected chi connectivity index (χ4v) is 6.33. The lowest BCUT2D eigenvalue weighted by molar-refractivity contribution is 0.0697. The van der Waals surface area contributed by atoms with E-state index >= 15 is 0 Å². The Labute approximate surface area is 219 Å². The van der Waals surface area contributed by atoms with E-state index in [1.807, 2.05) is 15.5 Å². The molecule has 3 aromatic rings. The predicted octanol–water partition coefficient (Wildman–Crippen LogP) is 4.55. The van der Waals surface area contributed by atoms with Gasteiger partial charge in [-0.05, 0) is 92.8 Å². The van der Waals surface area contributed by atoms with Gasteiger partial charge in [0.15, 0.2) is 0 Å². The molecule has 37 heavy (non-hydrogen) atoms. The number of carbonyl (C=O) groups excluding carboxylic acids is 1. The summed E-state index contributed by atoms with van der Waals surface area (Å²) in [5.74, 6) is 1.27. The Balaban J connectivity index is 1.24. The first kappa shape index (κ1) is 22.8. The molecule has 4 heterocycles. The average molecular weight is 489 g/mol. The Morgan fingerprint density at radius 1 is 1.05 bits per heavy atom. The Bertz CT molecular complexity index is 1460. The van der Waals surface area contributed by atoms with E-state index in [-0.39, 0.29) is 11.9 Å². The average Bonchev–Trinajstić information content (AvgIpc) is 3.43. The van der Waals surface area contributed by atoms with Gasteiger partial charge in [-0.15, -0.1) is 0 Å². The van der Waals surface area contributed by atoms with Crippen LogP contribution in [0.1, 0.15) is 74.1 Å². The first-order valence-corrected chi connectivity index (χ1v) is 13.8. The van der Waals surface area contributed by atoms with Crippen LogP contribution in [0.4, 0.5) is 5.69 Å². The molecule has 4 aliphatic rings. The van der Waals surface area contributed by atoms with Crippen LogP contribution in [0.5, 0.6) is 0 Å². The van der Waals surface area contributed by atoms with Gasteiger partial charge in [0.05, 0.1) is 17.3 Å². The van der Waals surface area contributed by atoms with Gasteiger partial charge in [0.1, 0.15) is 19.4 Å². The van der Waals surface area contributed by atoms with E-state index in [2.05, 4.69) is 48.2 Å². The third-order valence-electron chi connectivity index (χ3n) is 8.58. The van der Waals surface area contributed by atoms with Crippen molar-refractivity contribution in [2.75, 3.05) is 24.5 Å². The van der Waals surface area contributed by atoms with E-state index in [1.54, 1.807) is 0 Å². The molecule has 1 atom stereocenters. The summed E-state index contributed by atoms with van der Waals surface area (Å²) in [6.07, 6.45) is 12.2. The van der Waals surface area contributed by atoms with Crippen LogP contribution >= 0.6 is 0 Å². The highest BCUT2D eigenvalue weighted by Gasteiger charge is 2.33. The largest absolute Gasteiger partial charge is 0.372 e. The van der Waals surface area contributed by atoms with Crippen molar-refractivity contribution in [1.82, 2.24) is 19.5 Å². The summed E-state index contributed by atoms with van der Waals surface area (Å²) in [6, 6.07) is 10.4. The highest BCUT2D eigenvalue weighted by Crippen LogP contribution is 2.40. The topological polar surface area (TPSA) is 53.7 Å². The van der Waals surface area contributed by atoms with Gasteiger partial charge >= 0.3 is 0 Å². The second kappa shape index (κ2) is 8.89. The molecule has 2 radical (unpaired) electrons. The normalized spacial score (nSPS) is 21.7. The van der Waals surface area contributed by atoms with Crippen LogP contribution in [0, 0.1) is 0 Å². The minimum atomic E-state index is 0.0234. The molecule has 1 unspecified atom stereocenters. The first-order chi connectivity index (χ1) is 18.1. The summed E-state index contributed by atoms with van der Waals surface area (Å²) < 4.78 is 1.93. The minimum absolute atomic E-state index is 0.0234. The maximum Gasteiger partial charge on any atom is 0.273 e. The van der Waals surface area contributed by atoms with E-state index in [0.717, 1.165) is 79.8 Å². The number of hydrogen-bond donors (Lipinski definition) is 0. The lowest BCUT2D eigenvalue weighted by Crippen LogP contribution is -2.44. The smallest absolute Gasteiger partial charge is 0.273 e. The van der Waals surface area contributed by atoms with Gasteiger partial charge in [-0.1, -0.05) is 23.7 Å². The van der Waals surface area contributed by atoms with Crippen molar-refractivity contribution in [2.24, 2.45) is 0 Å². The van der Waals surface area contributed by atoms with Crippen LogP contribution < -0.4 is 10.4 Å². The fraction of sp³-hybridized carbons (Fsp3) is 0.433. The molecule has 2 fully saturated rings. The Morgan fingerprint density at radius 3 is 2.68 bits per heavy atom. The summed E-state index contributed by atoms with van der Waals surface area (Å²) >= 11 is 0. The second-order valence-electron chi connectivity index (χ2n) is 11.0. The molecule has 1 saturated heterocycles. The van der Waals surface area contributed by atoms with Crippen molar-refractivity contribution in [2.45, 2.75) is 63.8 Å². The number of nitrogens with zero attached hydrogens (tertiary/aromatic N) is 5. The number of anilines is 1. The SMILES string of the molecule is [B]c1cc(N2CCCC2)ccc1-c1cc2cc(C(=O)N3CCC4=C(CCC=C4)C3C)nc(C3CC3)n2n1. The minimum Gasteiger partial charge on any atom is -0.372 e. The third-order valence-corrected chi connectivity index (χ3v) is 8.58. The molecule has 0 bridgehead atoms. The van der Waals surface area contributed by atoms with Crippen LogP contribution in [-0.4, -0.2) is 58.9 Å². The van der Waals surface area contributed by atoms with Gasteiger partial charge in [-0.3, -0.25) is 4.79 Å². The molecule has 186 valence electrons. The molecule has 2 aliphatic carbocycles. The number of rotatable bonds is 4. The molecule has 7 rings (SSSR count). The summed E-state index contributed by atoms with van der Waals surface area (Å²) in [6.45, 7) is 5.08. The molecule has 7 heteroatoms. The number of amides is 1. The van der Waals surface area contributed by atoms with Crippen molar-refractivity contribution in [1.29, 1.82) is 0 Å². The molecular weight excluding hydrogens is 457 g/mol. The molecule has 0 N–H and O–H groups in total. The van der Waals surface area contributed by atoms with Crippen molar-refractivity contribution < 1.29 is 4.79 Å². The monoisotopic (exact) mass is 489 g/mol. The lowest BCUT2D eigenvalue weighted by atomic mass is 9.86. The Kier molecular flexibility index (Phi) is 5.49. The van der Waals surface area contributed by atoms with Crippen molar-refractivity contribution in [3.05, 3.63) is 65.1 Å². The number of allylic oxidation sites excluding steroid dienone is 2. The fourth-order valence-electron chi connectivity index (χ4n) is 6.33. The standard InChI is InChI=1S/C30H32BN5O/c1-19-24-7-3-2-6-20(24)12-15-35(19)30(37)28-18-23-17-27(33-36(23)29(32-28)21-8-9-21)25-11-10-22(16-26(25)31)34-13-4-5-14-34/h2,6,10-11,16-19,21H,3-5,7-9,12-15H2,1H3. The van der Waals surface area contributed by atoms with Gasteiger partial charge in [0.25, 0.3) is 5.91 Å². The predicted molar refractivity (Wildman–Crippen MR) is 148 cm³/mol. The maximum atomic E-state index is 13.8. The third kappa shape index (κ3) is 3.99. The van der Waals surface area contributed by atoms with E-state index in [9.17, 15) is 4.79 Å². The molecular formula is C30H32BN5O. The molecule has 1 saturated carbocycles. The quantitative estimate of drug-likeness (QED) is 0.505. The summed E-state index contributed by atoms with van der Waals surface area (Å²) in [7, 11) is 6.54. The van der Waals surface area contributed by atoms with E-state index in [1.165, 1.54) is 29.7 Å². The van der Waals surface area contributed by atoms with Gasteiger partial charge in [0, 0.05) is 31.2 Å². The van der Waals surface area contributed by atoms with Crippen molar-refractivity contribution in [3.63, 3.8) is 0 Å². The van der Waals surface area contributed by atoms with Crippen molar-refractivity contribution >= 4 is 30.4 Å². The molecule has 1 amide bonds. The van der Waals surface area contributed by atoms with Crippen LogP contribution in [0.15, 0.2) is 53.6 Å². The molecule has 0 spiro atoms. The van der Waals surface area contributed by atoms with Crippen LogP contribution in [0.2, 0.25) is 0 Å². The molecule has 2 aromatic heterocycles. The van der Waals surface area contributed by atoms with Gasteiger partial charge in [-0.2, -0.15) is 5.10 Å². The summed E-state index contributed by atoms with van der Waals surface area (Å²) in [5, 5.41) is 4.93. The highest BCUT2D eigenvalue weighted by molar-refractivity contribution is 6.36. The van der Waals surface area contributed by atoms with E-state index < -0.39 is 0 Å². The van der Waals surface area contributed by atoms with Crippen LogP contribution in [-0.2, 0) is 0 Å². The first-order valence-electron chi connectivity index (χ1n) is 13.8. The summed E-state index contributed by atoms with van der Waals surface area (Å²) in [4.78, 5) is 23.1. The van der Waals surface area contributed by atoms with Gasteiger partial charge < -0.3 is 9.80 Å². The highest BCUT2D eigenvalue weighted by atomic mass is 16.2. The zero-order chi connectivity index (χ0) is 25.1. The van der Waals surface area contributed by atoms with Crippen LogP contribution in [0.25, 0.3) is 16.8 Å². The zero-order valence-corrected chi connectivity index (χ0v) is 21.5. The maximum absolute atomic E-state index is 13.8. The number of benzene rings is 1. The number of aromatic nitrogens is 3. The number of carbonyl (C=O) groups is 1.